The second-order valence-electron chi connectivity index (χ2n) is 6.37. The summed E-state index contributed by atoms with van der Waals surface area (Å²) < 4.78 is 5.72. The van der Waals surface area contributed by atoms with E-state index in [0.717, 1.165) is 24.3 Å². The molecule has 1 amide bonds. The number of hydrogen-bond donors (Lipinski definition) is 0. The summed E-state index contributed by atoms with van der Waals surface area (Å²) in [5.74, 6) is 0.964. The highest BCUT2D eigenvalue weighted by molar-refractivity contribution is 7.10. The van der Waals surface area contributed by atoms with Crippen molar-refractivity contribution in [1.29, 1.82) is 0 Å². The van der Waals surface area contributed by atoms with E-state index in [1.807, 2.05) is 18.7 Å². The monoisotopic (exact) mass is 293 g/mol. The van der Waals surface area contributed by atoms with Gasteiger partial charge in [-0.3, -0.25) is 4.79 Å². The molecule has 0 spiro atoms. The summed E-state index contributed by atoms with van der Waals surface area (Å²) in [5, 5.41) is 2.08. The zero-order valence-corrected chi connectivity index (χ0v) is 13.3. The van der Waals surface area contributed by atoms with Gasteiger partial charge in [0.2, 0.25) is 0 Å². The van der Waals surface area contributed by atoms with Gasteiger partial charge in [-0.1, -0.05) is 6.92 Å². The summed E-state index contributed by atoms with van der Waals surface area (Å²) >= 11 is 1.77. The Morgan fingerprint density at radius 1 is 1.30 bits per heavy atom. The number of fused-ring (bicyclic) bond motifs is 1. The third-order valence-electron chi connectivity index (χ3n) is 4.34. The van der Waals surface area contributed by atoms with Gasteiger partial charge >= 0.3 is 0 Å². The minimum Gasteiger partial charge on any atom is -0.372 e. The first-order valence-electron chi connectivity index (χ1n) is 7.58. The lowest BCUT2D eigenvalue weighted by Gasteiger charge is -2.35. The molecule has 0 saturated carbocycles. The number of ether oxygens (including phenoxy) is 1. The van der Waals surface area contributed by atoms with Gasteiger partial charge in [0, 0.05) is 23.3 Å². The van der Waals surface area contributed by atoms with Crippen LogP contribution in [-0.2, 0) is 17.6 Å². The molecule has 1 fully saturated rings. The molecule has 3 nitrogen and oxygen atoms in total. The Balaban J connectivity index is 1.81. The highest BCUT2D eigenvalue weighted by Gasteiger charge is 2.30. The Labute approximate surface area is 124 Å². The van der Waals surface area contributed by atoms with E-state index >= 15 is 0 Å². The maximum absolute atomic E-state index is 12.8. The summed E-state index contributed by atoms with van der Waals surface area (Å²) in [7, 11) is 0. The van der Waals surface area contributed by atoms with Crippen LogP contribution in [0.2, 0.25) is 0 Å². The van der Waals surface area contributed by atoms with Gasteiger partial charge in [0.25, 0.3) is 5.91 Å². The normalized spacial score (nSPS) is 30.1. The van der Waals surface area contributed by atoms with Gasteiger partial charge in [0.05, 0.1) is 17.8 Å². The number of rotatable bonds is 1. The van der Waals surface area contributed by atoms with Gasteiger partial charge in [-0.25, -0.2) is 0 Å². The van der Waals surface area contributed by atoms with Crippen LogP contribution < -0.4 is 0 Å². The van der Waals surface area contributed by atoms with Crippen LogP contribution in [0.15, 0.2) is 5.38 Å². The van der Waals surface area contributed by atoms with E-state index in [-0.39, 0.29) is 18.1 Å². The number of nitrogens with zero attached hydrogens (tertiary/aromatic N) is 1. The van der Waals surface area contributed by atoms with Crippen molar-refractivity contribution in [2.45, 2.75) is 52.2 Å². The molecule has 2 heterocycles. The average molecular weight is 293 g/mol. The summed E-state index contributed by atoms with van der Waals surface area (Å²) in [5.41, 5.74) is 2.28. The minimum absolute atomic E-state index is 0.136. The first-order chi connectivity index (χ1) is 9.54. The fourth-order valence-corrected chi connectivity index (χ4v) is 4.61. The second kappa shape index (κ2) is 5.49. The lowest BCUT2D eigenvalue weighted by Crippen LogP contribution is -2.48. The fraction of sp³-hybridized carbons (Fsp3) is 0.688. The molecule has 3 atom stereocenters. The molecular weight excluding hydrogens is 270 g/mol. The van der Waals surface area contributed by atoms with Crippen LogP contribution in [-0.4, -0.2) is 36.1 Å². The van der Waals surface area contributed by atoms with Crippen molar-refractivity contribution < 1.29 is 9.53 Å². The van der Waals surface area contributed by atoms with Gasteiger partial charge in [-0.05, 0) is 44.6 Å². The molecule has 0 aromatic carbocycles. The Hall–Kier alpha value is -0.870. The highest BCUT2D eigenvalue weighted by Crippen LogP contribution is 2.33. The Morgan fingerprint density at radius 3 is 2.70 bits per heavy atom. The minimum atomic E-state index is 0.136. The molecule has 1 aromatic heterocycles. The van der Waals surface area contributed by atoms with Gasteiger partial charge < -0.3 is 9.64 Å². The molecular formula is C16H23NO2S. The Bertz CT molecular complexity index is 501. The van der Waals surface area contributed by atoms with Gasteiger partial charge in [-0.2, -0.15) is 0 Å². The molecule has 0 N–H and O–H groups in total. The quantitative estimate of drug-likeness (QED) is 0.796. The van der Waals surface area contributed by atoms with E-state index in [2.05, 4.69) is 12.3 Å². The molecule has 3 rings (SSSR count). The molecule has 1 aliphatic heterocycles. The molecule has 0 unspecified atom stereocenters. The van der Waals surface area contributed by atoms with E-state index < -0.39 is 0 Å². The smallest absolute Gasteiger partial charge is 0.255 e. The van der Waals surface area contributed by atoms with E-state index in [1.54, 1.807) is 11.3 Å². The molecule has 20 heavy (non-hydrogen) atoms. The number of morpholine rings is 1. The highest BCUT2D eigenvalue weighted by atomic mass is 32.1. The van der Waals surface area contributed by atoms with Crippen LogP contribution in [0.5, 0.6) is 0 Å². The number of hydrogen-bond acceptors (Lipinski definition) is 3. The van der Waals surface area contributed by atoms with Crippen molar-refractivity contribution >= 4 is 17.2 Å². The Kier molecular flexibility index (Phi) is 3.87. The van der Waals surface area contributed by atoms with Crippen LogP contribution in [0.4, 0.5) is 0 Å². The maximum Gasteiger partial charge on any atom is 0.255 e. The molecule has 0 bridgehead atoms. The van der Waals surface area contributed by atoms with Crippen molar-refractivity contribution in [3.05, 3.63) is 21.4 Å². The number of carbonyl (C=O) groups excluding carboxylic acids is 1. The van der Waals surface area contributed by atoms with Gasteiger partial charge in [0.1, 0.15) is 0 Å². The maximum atomic E-state index is 12.8. The van der Waals surface area contributed by atoms with Crippen LogP contribution in [0, 0.1) is 5.92 Å². The van der Waals surface area contributed by atoms with E-state index in [0.29, 0.717) is 13.1 Å². The molecule has 4 heteroatoms. The first-order valence-corrected chi connectivity index (χ1v) is 8.46. The van der Waals surface area contributed by atoms with Crippen LogP contribution in [0.1, 0.15) is 48.0 Å². The Morgan fingerprint density at radius 2 is 2.00 bits per heavy atom. The summed E-state index contributed by atoms with van der Waals surface area (Å²) in [6.07, 6.45) is 3.69. The predicted molar refractivity (Wildman–Crippen MR) is 81.4 cm³/mol. The van der Waals surface area contributed by atoms with Crippen LogP contribution >= 0.6 is 11.3 Å². The number of carbonyl (C=O) groups is 1. The summed E-state index contributed by atoms with van der Waals surface area (Å²) in [6, 6.07) is 0. The standard InChI is InChI=1S/C16H23NO2S/c1-10-4-5-13-14(9-20-15(13)6-10)16(18)17-7-11(2)19-12(3)8-17/h9-12H,4-8H2,1-3H3/t10-,11+,12+/m1/s1. The van der Waals surface area contributed by atoms with Gasteiger partial charge in [0.15, 0.2) is 0 Å². The van der Waals surface area contributed by atoms with E-state index in [4.69, 9.17) is 4.74 Å². The molecule has 110 valence electrons. The molecule has 1 saturated heterocycles. The van der Waals surface area contributed by atoms with Crippen molar-refractivity contribution in [2.24, 2.45) is 5.92 Å². The average Bonchev–Trinajstić information content (AvgIpc) is 2.79. The molecule has 1 aromatic rings. The first kappa shape index (κ1) is 14.1. The van der Waals surface area contributed by atoms with Crippen LogP contribution in [0.3, 0.4) is 0 Å². The number of thiophene rings is 1. The fourth-order valence-electron chi connectivity index (χ4n) is 3.37. The predicted octanol–water partition coefficient (Wildman–Crippen LogP) is 3.12. The molecule has 2 aliphatic rings. The van der Waals surface area contributed by atoms with Crippen molar-refractivity contribution in [3.63, 3.8) is 0 Å². The summed E-state index contributed by atoms with van der Waals surface area (Å²) in [6.45, 7) is 7.81. The number of amides is 1. The summed E-state index contributed by atoms with van der Waals surface area (Å²) in [4.78, 5) is 16.2. The SMILES string of the molecule is C[C@@H]1CCc2c(C(=O)N3C[C@H](C)O[C@@H](C)C3)csc2C1. The van der Waals surface area contributed by atoms with Crippen molar-refractivity contribution in [2.75, 3.05) is 13.1 Å². The van der Waals surface area contributed by atoms with Gasteiger partial charge in [-0.15, -0.1) is 11.3 Å². The third kappa shape index (κ3) is 2.63. The second-order valence-corrected chi connectivity index (χ2v) is 7.33. The van der Waals surface area contributed by atoms with Crippen molar-refractivity contribution in [3.8, 4) is 0 Å². The third-order valence-corrected chi connectivity index (χ3v) is 5.39. The zero-order chi connectivity index (χ0) is 14.3. The zero-order valence-electron chi connectivity index (χ0n) is 12.5. The van der Waals surface area contributed by atoms with E-state index in [1.165, 1.54) is 16.9 Å². The molecule has 0 radical (unpaired) electrons. The largest absolute Gasteiger partial charge is 0.372 e. The lowest BCUT2D eigenvalue weighted by atomic mass is 9.88. The lowest BCUT2D eigenvalue weighted by molar-refractivity contribution is -0.0586. The van der Waals surface area contributed by atoms with Crippen LogP contribution in [0.25, 0.3) is 0 Å². The van der Waals surface area contributed by atoms with Crippen molar-refractivity contribution in [1.82, 2.24) is 4.90 Å². The van der Waals surface area contributed by atoms with E-state index in [9.17, 15) is 4.79 Å². The topological polar surface area (TPSA) is 29.5 Å². The molecule has 1 aliphatic carbocycles.